The van der Waals surface area contributed by atoms with Gasteiger partial charge in [-0.05, 0) is 18.6 Å². The molecule has 1 aromatic carbocycles. The summed E-state index contributed by atoms with van der Waals surface area (Å²) in [7, 11) is 0. The average molecular weight is 192 g/mol. The Bertz CT molecular complexity index is 465. The number of aromatic nitrogens is 1. The van der Waals surface area contributed by atoms with Crippen LogP contribution in [0.1, 0.15) is 5.56 Å². The molecule has 0 spiro atoms. The highest BCUT2D eigenvalue weighted by Crippen LogP contribution is 2.21. The number of halogens is 1. The van der Waals surface area contributed by atoms with Gasteiger partial charge < -0.3 is 10.3 Å². The van der Waals surface area contributed by atoms with Crippen LogP contribution in [-0.2, 0) is 0 Å². The number of aryl methyl sites for hydroxylation is 1. The molecule has 1 heterocycles. The van der Waals surface area contributed by atoms with E-state index in [4.69, 9.17) is 10.3 Å². The van der Waals surface area contributed by atoms with Crippen LogP contribution in [0.3, 0.4) is 0 Å². The summed E-state index contributed by atoms with van der Waals surface area (Å²) in [6.07, 6.45) is 0. The maximum atomic E-state index is 13.2. The summed E-state index contributed by atoms with van der Waals surface area (Å²) in [6, 6.07) is 6.43. The van der Waals surface area contributed by atoms with Gasteiger partial charge in [0.2, 0.25) is 5.88 Å². The number of rotatable bonds is 1. The van der Waals surface area contributed by atoms with Crippen molar-refractivity contribution in [2.24, 2.45) is 0 Å². The summed E-state index contributed by atoms with van der Waals surface area (Å²) in [6.45, 7) is 1.70. The molecule has 1 aromatic heterocycles. The fourth-order valence-electron chi connectivity index (χ4n) is 1.18. The monoisotopic (exact) mass is 192 g/mol. The highest BCUT2D eigenvalue weighted by Gasteiger charge is 2.06. The largest absolute Gasteiger partial charge is 0.368 e. The molecule has 2 N–H and O–H groups in total. The molecule has 72 valence electrons. The fraction of sp³-hybridized carbons (Fsp3) is 0.100. The Hall–Kier alpha value is -1.84. The second kappa shape index (κ2) is 3.14. The van der Waals surface area contributed by atoms with Gasteiger partial charge in [-0.15, -0.1) is 0 Å². The van der Waals surface area contributed by atoms with Gasteiger partial charge in [0.1, 0.15) is 11.5 Å². The van der Waals surface area contributed by atoms with Crippen molar-refractivity contribution in [3.8, 4) is 11.3 Å². The Kier molecular flexibility index (Phi) is 1.96. The van der Waals surface area contributed by atoms with Gasteiger partial charge in [-0.1, -0.05) is 17.3 Å². The van der Waals surface area contributed by atoms with Crippen LogP contribution in [0.15, 0.2) is 28.8 Å². The maximum Gasteiger partial charge on any atom is 0.222 e. The molecule has 0 aliphatic heterocycles. The van der Waals surface area contributed by atoms with Crippen molar-refractivity contribution in [2.75, 3.05) is 5.73 Å². The zero-order chi connectivity index (χ0) is 10.1. The summed E-state index contributed by atoms with van der Waals surface area (Å²) < 4.78 is 17.9. The molecule has 0 aliphatic carbocycles. The molecule has 3 nitrogen and oxygen atoms in total. The Morgan fingerprint density at radius 3 is 2.71 bits per heavy atom. The molecule has 0 fully saturated rings. The number of hydrogen-bond donors (Lipinski definition) is 1. The molecule has 0 atom stereocenters. The van der Waals surface area contributed by atoms with Crippen LogP contribution in [0.4, 0.5) is 10.3 Å². The Labute approximate surface area is 80.3 Å². The average Bonchev–Trinajstić information content (AvgIpc) is 2.57. The number of hydrogen-bond acceptors (Lipinski definition) is 3. The molecule has 0 unspecified atom stereocenters. The van der Waals surface area contributed by atoms with Gasteiger partial charge >= 0.3 is 0 Å². The van der Waals surface area contributed by atoms with Crippen molar-refractivity contribution in [3.63, 3.8) is 0 Å². The highest BCUT2D eigenvalue weighted by atomic mass is 19.1. The predicted octanol–water partition coefficient (Wildman–Crippen LogP) is 2.37. The third kappa shape index (κ3) is 1.46. The SMILES string of the molecule is Cc1ccc(-c2cc(N)on2)cc1F. The Balaban J connectivity index is 2.47. The topological polar surface area (TPSA) is 52.0 Å². The number of nitrogens with zero attached hydrogens (tertiary/aromatic N) is 1. The van der Waals surface area contributed by atoms with E-state index in [2.05, 4.69) is 5.16 Å². The number of nitrogens with two attached hydrogens (primary N) is 1. The molecule has 14 heavy (non-hydrogen) atoms. The minimum Gasteiger partial charge on any atom is -0.368 e. The zero-order valence-electron chi connectivity index (χ0n) is 7.62. The standard InChI is InChI=1S/C10H9FN2O/c1-6-2-3-7(4-8(6)11)9-5-10(12)14-13-9/h2-5H,12H2,1H3. The van der Waals surface area contributed by atoms with E-state index in [9.17, 15) is 4.39 Å². The van der Waals surface area contributed by atoms with Crippen LogP contribution in [0.2, 0.25) is 0 Å². The van der Waals surface area contributed by atoms with Gasteiger partial charge in [-0.25, -0.2) is 4.39 Å². The van der Waals surface area contributed by atoms with E-state index in [-0.39, 0.29) is 11.7 Å². The van der Waals surface area contributed by atoms with Gasteiger partial charge in [0.25, 0.3) is 0 Å². The van der Waals surface area contributed by atoms with E-state index >= 15 is 0 Å². The van der Waals surface area contributed by atoms with E-state index in [0.29, 0.717) is 16.8 Å². The molecular formula is C10H9FN2O. The predicted molar refractivity (Wildman–Crippen MR) is 51.0 cm³/mol. The van der Waals surface area contributed by atoms with E-state index < -0.39 is 0 Å². The molecule has 0 amide bonds. The maximum absolute atomic E-state index is 13.2. The lowest BCUT2D eigenvalue weighted by molar-refractivity contribution is 0.439. The van der Waals surface area contributed by atoms with Gasteiger partial charge in [0, 0.05) is 11.6 Å². The normalized spacial score (nSPS) is 10.4. The Morgan fingerprint density at radius 2 is 2.14 bits per heavy atom. The molecule has 4 heteroatoms. The Morgan fingerprint density at radius 1 is 1.36 bits per heavy atom. The van der Waals surface area contributed by atoms with Gasteiger partial charge in [0.15, 0.2) is 0 Å². The van der Waals surface area contributed by atoms with Gasteiger partial charge in [-0.2, -0.15) is 0 Å². The lowest BCUT2D eigenvalue weighted by Crippen LogP contribution is -1.84. The van der Waals surface area contributed by atoms with E-state index in [0.717, 1.165) is 0 Å². The van der Waals surface area contributed by atoms with Crippen molar-refractivity contribution in [1.82, 2.24) is 5.16 Å². The van der Waals surface area contributed by atoms with Gasteiger partial charge in [-0.3, -0.25) is 0 Å². The summed E-state index contributed by atoms with van der Waals surface area (Å²) in [5, 5.41) is 3.69. The van der Waals surface area contributed by atoms with Crippen molar-refractivity contribution in [2.45, 2.75) is 6.92 Å². The minimum absolute atomic E-state index is 0.223. The van der Waals surface area contributed by atoms with E-state index in [1.165, 1.54) is 6.07 Å². The molecule has 2 rings (SSSR count). The van der Waals surface area contributed by atoms with E-state index in [1.54, 1.807) is 25.1 Å². The van der Waals surface area contributed by atoms with Gasteiger partial charge in [0.05, 0.1) is 0 Å². The first kappa shape index (κ1) is 8.74. The molecule has 2 aromatic rings. The molecular weight excluding hydrogens is 183 g/mol. The van der Waals surface area contributed by atoms with Crippen LogP contribution in [0.5, 0.6) is 0 Å². The van der Waals surface area contributed by atoms with Crippen LogP contribution in [0, 0.1) is 12.7 Å². The van der Waals surface area contributed by atoms with Crippen LogP contribution >= 0.6 is 0 Å². The minimum atomic E-state index is -0.260. The molecule has 0 saturated heterocycles. The lowest BCUT2D eigenvalue weighted by Gasteiger charge is -1.98. The third-order valence-corrected chi connectivity index (χ3v) is 2.00. The van der Waals surface area contributed by atoms with Crippen molar-refractivity contribution < 1.29 is 8.91 Å². The first-order valence-electron chi connectivity index (χ1n) is 4.15. The molecule has 0 bridgehead atoms. The van der Waals surface area contributed by atoms with Crippen LogP contribution in [-0.4, -0.2) is 5.16 Å². The summed E-state index contributed by atoms with van der Waals surface area (Å²) in [4.78, 5) is 0. The van der Waals surface area contributed by atoms with E-state index in [1.807, 2.05) is 0 Å². The lowest BCUT2D eigenvalue weighted by atomic mass is 10.1. The first-order valence-corrected chi connectivity index (χ1v) is 4.15. The smallest absolute Gasteiger partial charge is 0.222 e. The first-order chi connectivity index (χ1) is 6.66. The summed E-state index contributed by atoms with van der Waals surface area (Å²) in [5.74, 6) is -0.0370. The van der Waals surface area contributed by atoms with Crippen molar-refractivity contribution >= 4 is 5.88 Å². The quantitative estimate of drug-likeness (QED) is 0.754. The molecule has 0 aliphatic rings. The molecule has 0 radical (unpaired) electrons. The summed E-state index contributed by atoms with van der Waals surface area (Å²) in [5.41, 5.74) is 7.17. The third-order valence-electron chi connectivity index (χ3n) is 2.00. The second-order valence-corrected chi connectivity index (χ2v) is 3.08. The highest BCUT2D eigenvalue weighted by molar-refractivity contribution is 5.61. The van der Waals surface area contributed by atoms with Crippen LogP contribution < -0.4 is 5.73 Å². The second-order valence-electron chi connectivity index (χ2n) is 3.08. The van der Waals surface area contributed by atoms with Crippen molar-refractivity contribution in [1.29, 1.82) is 0 Å². The fourth-order valence-corrected chi connectivity index (χ4v) is 1.18. The van der Waals surface area contributed by atoms with Crippen molar-refractivity contribution in [3.05, 3.63) is 35.6 Å². The number of benzene rings is 1. The molecule has 0 saturated carbocycles. The van der Waals surface area contributed by atoms with Crippen LogP contribution in [0.25, 0.3) is 11.3 Å². The zero-order valence-corrected chi connectivity index (χ0v) is 7.62. The number of nitrogen functional groups attached to an aromatic ring is 1. The summed E-state index contributed by atoms with van der Waals surface area (Å²) >= 11 is 0. The number of anilines is 1.